The maximum Gasteiger partial charge on any atom is 0.410 e. The molecule has 1 saturated heterocycles. The van der Waals surface area contributed by atoms with Crippen LogP contribution in [-0.2, 0) is 11.3 Å². The van der Waals surface area contributed by atoms with Gasteiger partial charge in [-0.05, 0) is 48.1 Å². The number of hydrogen-bond acceptors (Lipinski definition) is 4. The molecule has 0 saturated carbocycles. The highest BCUT2D eigenvalue weighted by Gasteiger charge is 2.40. The van der Waals surface area contributed by atoms with Gasteiger partial charge < -0.3 is 14.2 Å². The van der Waals surface area contributed by atoms with E-state index in [2.05, 4.69) is 12.1 Å². The fraction of sp³-hybridized carbons (Fsp3) is 0.348. The third kappa shape index (κ3) is 3.57. The third-order valence-corrected chi connectivity index (χ3v) is 5.57. The van der Waals surface area contributed by atoms with E-state index in [1.54, 1.807) is 14.2 Å². The fourth-order valence-corrected chi connectivity index (χ4v) is 4.16. The normalized spacial score (nSPS) is 20.5. The molecule has 2 bridgehead atoms. The number of carbonyl (C=O) groups is 1. The van der Waals surface area contributed by atoms with Crippen LogP contribution >= 0.6 is 0 Å². The van der Waals surface area contributed by atoms with Gasteiger partial charge in [0, 0.05) is 6.04 Å². The van der Waals surface area contributed by atoms with Crippen molar-refractivity contribution in [1.29, 1.82) is 0 Å². The van der Waals surface area contributed by atoms with Crippen LogP contribution < -0.4 is 9.47 Å². The third-order valence-electron chi connectivity index (χ3n) is 5.57. The SMILES string of the molecule is COc1ccc(C2=CC3CCC(C2)N3C(=O)OCc2ccccc2)cc1OC. The molecule has 0 aliphatic carbocycles. The molecule has 146 valence electrons. The van der Waals surface area contributed by atoms with Gasteiger partial charge in [0.05, 0.1) is 20.3 Å². The highest BCUT2D eigenvalue weighted by atomic mass is 16.6. The molecular weight excluding hydrogens is 354 g/mol. The van der Waals surface area contributed by atoms with E-state index in [9.17, 15) is 4.79 Å². The van der Waals surface area contributed by atoms with Crippen molar-refractivity contribution in [3.8, 4) is 11.5 Å². The van der Waals surface area contributed by atoms with Crippen LogP contribution in [0.3, 0.4) is 0 Å². The molecule has 2 atom stereocenters. The van der Waals surface area contributed by atoms with E-state index in [0.717, 1.165) is 41.9 Å². The number of benzene rings is 2. The van der Waals surface area contributed by atoms with Crippen LogP contribution in [0.5, 0.6) is 11.5 Å². The molecule has 2 aromatic carbocycles. The number of carbonyl (C=O) groups excluding carboxylic acids is 1. The minimum Gasteiger partial charge on any atom is -0.493 e. The van der Waals surface area contributed by atoms with Crippen LogP contribution in [0.25, 0.3) is 5.57 Å². The zero-order chi connectivity index (χ0) is 19.5. The zero-order valence-corrected chi connectivity index (χ0v) is 16.3. The summed E-state index contributed by atoms with van der Waals surface area (Å²) in [7, 11) is 3.28. The largest absolute Gasteiger partial charge is 0.493 e. The quantitative estimate of drug-likeness (QED) is 0.758. The molecule has 1 fully saturated rings. The van der Waals surface area contributed by atoms with Crippen molar-refractivity contribution in [2.24, 2.45) is 0 Å². The number of rotatable bonds is 5. The van der Waals surface area contributed by atoms with Crippen molar-refractivity contribution in [3.05, 3.63) is 65.7 Å². The molecule has 5 nitrogen and oxygen atoms in total. The number of fused-ring (bicyclic) bond motifs is 2. The predicted octanol–water partition coefficient (Wildman–Crippen LogP) is 4.66. The standard InChI is InChI=1S/C23H25NO4/c1-26-21-11-8-17(14-22(21)27-2)18-12-19-9-10-20(13-18)24(19)23(25)28-15-16-6-4-3-5-7-16/h3-8,11-12,14,19-20H,9-10,13,15H2,1-2H3. The number of methoxy groups -OCH3 is 2. The molecule has 5 heteroatoms. The Morgan fingerprint density at radius 2 is 1.82 bits per heavy atom. The molecule has 0 radical (unpaired) electrons. The summed E-state index contributed by atoms with van der Waals surface area (Å²) in [5.74, 6) is 1.44. The van der Waals surface area contributed by atoms with Crippen molar-refractivity contribution >= 4 is 11.7 Å². The first-order valence-corrected chi connectivity index (χ1v) is 9.61. The summed E-state index contributed by atoms with van der Waals surface area (Å²) in [5, 5.41) is 0. The maximum absolute atomic E-state index is 12.7. The summed E-state index contributed by atoms with van der Waals surface area (Å²) in [6.07, 6.45) is 4.78. The fourth-order valence-electron chi connectivity index (χ4n) is 4.16. The van der Waals surface area contributed by atoms with Crippen LogP contribution in [0, 0.1) is 0 Å². The van der Waals surface area contributed by atoms with E-state index in [1.807, 2.05) is 47.4 Å². The van der Waals surface area contributed by atoms with Crippen molar-refractivity contribution in [2.75, 3.05) is 14.2 Å². The van der Waals surface area contributed by atoms with E-state index in [0.29, 0.717) is 6.61 Å². The van der Waals surface area contributed by atoms with Gasteiger partial charge in [0.2, 0.25) is 0 Å². The number of hydrogen-bond donors (Lipinski definition) is 0. The van der Waals surface area contributed by atoms with Gasteiger partial charge in [0.25, 0.3) is 0 Å². The molecule has 0 N–H and O–H groups in total. The molecular formula is C23H25NO4. The lowest BCUT2D eigenvalue weighted by Gasteiger charge is -2.33. The molecule has 4 rings (SSSR count). The Hall–Kier alpha value is -2.95. The smallest absolute Gasteiger partial charge is 0.410 e. The van der Waals surface area contributed by atoms with Crippen LogP contribution in [0.15, 0.2) is 54.6 Å². The molecule has 2 aromatic rings. The van der Waals surface area contributed by atoms with E-state index in [-0.39, 0.29) is 18.2 Å². The number of ether oxygens (including phenoxy) is 3. The number of nitrogens with zero attached hydrogens (tertiary/aromatic N) is 1. The van der Waals surface area contributed by atoms with Crippen molar-refractivity contribution < 1.29 is 19.0 Å². The average molecular weight is 379 g/mol. The summed E-state index contributed by atoms with van der Waals surface area (Å²) in [6, 6.07) is 16.0. The minimum absolute atomic E-state index is 0.0881. The Balaban J connectivity index is 1.48. The van der Waals surface area contributed by atoms with Gasteiger partial charge in [-0.15, -0.1) is 0 Å². The van der Waals surface area contributed by atoms with Crippen molar-refractivity contribution in [1.82, 2.24) is 4.90 Å². The number of amides is 1. The minimum atomic E-state index is -0.223. The van der Waals surface area contributed by atoms with Crippen LogP contribution in [0.4, 0.5) is 4.79 Å². The Morgan fingerprint density at radius 1 is 1.04 bits per heavy atom. The lowest BCUT2D eigenvalue weighted by molar-refractivity contribution is 0.0832. The summed E-state index contributed by atoms with van der Waals surface area (Å²) in [5.41, 5.74) is 3.37. The van der Waals surface area contributed by atoms with Crippen molar-refractivity contribution in [2.45, 2.75) is 38.0 Å². The second-order valence-corrected chi connectivity index (χ2v) is 7.21. The van der Waals surface area contributed by atoms with Crippen LogP contribution in [-0.4, -0.2) is 37.3 Å². The van der Waals surface area contributed by atoms with Gasteiger partial charge in [-0.3, -0.25) is 4.90 Å². The first-order chi connectivity index (χ1) is 13.7. The summed E-state index contributed by atoms with van der Waals surface area (Å²) in [4.78, 5) is 14.6. The summed E-state index contributed by atoms with van der Waals surface area (Å²) < 4.78 is 16.3. The zero-order valence-electron chi connectivity index (χ0n) is 16.3. The Kier molecular flexibility index (Phi) is 5.24. The lowest BCUT2D eigenvalue weighted by atomic mass is 9.94. The molecule has 2 heterocycles. The molecule has 2 aliphatic heterocycles. The summed E-state index contributed by atoms with van der Waals surface area (Å²) in [6.45, 7) is 0.307. The Bertz CT molecular complexity index is 877. The van der Waals surface area contributed by atoms with Crippen LogP contribution in [0.1, 0.15) is 30.4 Å². The molecule has 0 spiro atoms. The molecule has 1 amide bonds. The van der Waals surface area contributed by atoms with Gasteiger partial charge >= 0.3 is 6.09 Å². The first-order valence-electron chi connectivity index (χ1n) is 9.61. The van der Waals surface area contributed by atoms with Gasteiger partial charge in [0.1, 0.15) is 6.61 Å². The van der Waals surface area contributed by atoms with Gasteiger partial charge in [-0.25, -0.2) is 4.79 Å². The second kappa shape index (κ2) is 7.97. The van der Waals surface area contributed by atoms with Gasteiger partial charge in [0.15, 0.2) is 11.5 Å². The predicted molar refractivity (Wildman–Crippen MR) is 107 cm³/mol. The lowest BCUT2D eigenvalue weighted by Crippen LogP contribution is -2.43. The van der Waals surface area contributed by atoms with Gasteiger partial charge in [-0.1, -0.05) is 42.5 Å². The highest BCUT2D eigenvalue weighted by molar-refractivity contribution is 5.75. The Labute approximate surface area is 165 Å². The topological polar surface area (TPSA) is 48.0 Å². The summed E-state index contributed by atoms with van der Waals surface area (Å²) >= 11 is 0. The van der Waals surface area contributed by atoms with E-state index < -0.39 is 0 Å². The molecule has 28 heavy (non-hydrogen) atoms. The second-order valence-electron chi connectivity index (χ2n) is 7.21. The Morgan fingerprint density at radius 3 is 2.54 bits per heavy atom. The first kappa shape index (κ1) is 18.4. The average Bonchev–Trinajstić information content (AvgIpc) is 3.01. The van der Waals surface area contributed by atoms with E-state index >= 15 is 0 Å². The van der Waals surface area contributed by atoms with Crippen LogP contribution in [0.2, 0.25) is 0 Å². The highest BCUT2D eigenvalue weighted by Crippen LogP contribution is 2.40. The monoisotopic (exact) mass is 379 g/mol. The molecule has 2 unspecified atom stereocenters. The van der Waals surface area contributed by atoms with Gasteiger partial charge in [-0.2, -0.15) is 0 Å². The van der Waals surface area contributed by atoms with E-state index in [4.69, 9.17) is 14.2 Å². The van der Waals surface area contributed by atoms with Crippen molar-refractivity contribution in [3.63, 3.8) is 0 Å². The maximum atomic E-state index is 12.7. The molecule has 2 aliphatic rings. The van der Waals surface area contributed by atoms with E-state index in [1.165, 1.54) is 5.57 Å². The molecule has 0 aromatic heterocycles.